The first-order chi connectivity index (χ1) is 10.0. The molecule has 21 heavy (non-hydrogen) atoms. The van der Waals surface area contributed by atoms with E-state index in [1.54, 1.807) is 17.5 Å². The van der Waals surface area contributed by atoms with Crippen LogP contribution in [-0.4, -0.2) is 25.6 Å². The number of nitrogens with zero attached hydrogens (tertiary/aromatic N) is 3. The summed E-state index contributed by atoms with van der Waals surface area (Å²) in [6.45, 7) is 0.193. The van der Waals surface area contributed by atoms with Gasteiger partial charge < -0.3 is 5.11 Å². The number of rotatable bonds is 3. The number of carboxylic acids is 1. The molecule has 0 saturated heterocycles. The molecule has 0 atom stereocenters. The molecule has 3 rings (SSSR count). The minimum absolute atomic E-state index is 0.00883. The number of carbonyl (C=O) groups is 1. The van der Waals surface area contributed by atoms with Crippen LogP contribution in [0.5, 0.6) is 0 Å². The van der Waals surface area contributed by atoms with Crippen molar-refractivity contribution in [2.75, 3.05) is 0 Å². The predicted octanol–water partition coefficient (Wildman–Crippen LogP) is 2.36. The van der Waals surface area contributed by atoms with Crippen molar-refractivity contribution in [1.29, 1.82) is 0 Å². The first-order valence-electron chi connectivity index (χ1n) is 5.87. The molecule has 6 nitrogen and oxygen atoms in total. The quantitative estimate of drug-likeness (QED) is 0.769. The molecule has 3 aromatic rings. The van der Waals surface area contributed by atoms with E-state index in [1.165, 1.54) is 10.9 Å². The lowest BCUT2D eigenvalue weighted by Crippen LogP contribution is -2.21. The van der Waals surface area contributed by atoms with Gasteiger partial charge >= 0.3 is 5.97 Å². The van der Waals surface area contributed by atoms with Crippen LogP contribution in [-0.2, 0) is 6.54 Å². The highest BCUT2D eigenvalue weighted by molar-refractivity contribution is 9.10. The second-order valence-electron chi connectivity index (χ2n) is 4.29. The van der Waals surface area contributed by atoms with E-state index in [1.807, 2.05) is 6.07 Å². The van der Waals surface area contributed by atoms with Gasteiger partial charge in [0.25, 0.3) is 5.56 Å². The van der Waals surface area contributed by atoms with Gasteiger partial charge in [-0.05, 0) is 18.2 Å². The molecule has 106 valence electrons. The van der Waals surface area contributed by atoms with E-state index in [0.29, 0.717) is 16.6 Å². The van der Waals surface area contributed by atoms with Crippen molar-refractivity contribution in [3.05, 3.63) is 55.4 Å². The van der Waals surface area contributed by atoms with Gasteiger partial charge in [-0.2, -0.15) is 0 Å². The highest BCUT2D eigenvalue weighted by atomic mass is 79.9. The Morgan fingerprint density at radius 1 is 1.43 bits per heavy atom. The van der Waals surface area contributed by atoms with Crippen LogP contribution in [0.15, 0.2) is 39.2 Å². The number of carboxylic acid groups (broad SMARTS) is 1. The molecular formula is C13H8BrN3O3S. The number of benzene rings is 1. The fourth-order valence-electron chi connectivity index (χ4n) is 1.90. The summed E-state index contributed by atoms with van der Waals surface area (Å²) in [5, 5.41) is 11.0. The summed E-state index contributed by atoms with van der Waals surface area (Å²) in [5.74, 6) is -1.07. The number of hydrogen-bond acceptors (Lipinski definition) is 5. The Kier molecular flexibility index (Phi) is 3.56. The molecule has 0 unspecified atom stereocenters. The molecule has 0 spiro atoms. The molecule has 8 heteroatoms. The lowest BCUT2D eigenvalue weighted by molar-refractivity contribution is 0.0696. The van der Waals surface area contributed by atoms with Crippen LogP contribution in [0.1, 0.15) is 15.5 Å². The summed E-state index contributed by atoms with van der Waals surface area (Å²) < 4.78 is 2.21. The molecular weight excluding hydrogens is 358 g/mol. The zero-order valence-electron chi connectivity index (χ0n) is 10.5. The standard InChI is InChI=1S/C13H8BrN3O3S/c14-7-1-2-10-9(3-7)12(18)17(6-15-10)4-8-5-21-11(16-8)13(19)20/h1-3,5-6H,4H2,(H,19,20). The van der Waals surface area contributed by atoms with Crippen molar-refractivity contribution in [3.63, 3.8) is 0 Å². The number of aromatic carboxylic acids is 1. The number of aromatic nitrogens is 3. The largest absolute Gasteiger partial charge is 0.476 e. The Balaban J connectivity index is 2.02. The molecule has 0 amide bonds. The van der Waals surface area contributed by atoms with Crippen molar-refractivity contribution in [1.82, 2.24) is 14.5 Å². The molecule has 2 heterocycles. The minimum atomic E-state index is -1.07. The highest BCUT2D eigenvalue weighted by Gasteiger charge is 2.11. The molecule has 0 aliphatic heterocycles. The lowest BCUT2D eigenvalue weighted by Gasteiger charge is -2.04. The third-order valence-corrected chi connectivity index (χ3v) is 4.23. The fourth-order valence-corrected chi connectivity index (χ4v) is 2.90. The fraction of sp³-hybridized carbons (Fsp3) is 0.0769. The van der Waals surface area contributed by atoms with Crippen LogP contribution >= 0.6 is 27.3 Å². The number of fused-ring (bicyclic) bond motifs is 1. The average Bonchev–Trinajstić information content (AvgIpc) is 2.91. The molecule has 0 saturated carbocycles. The number of halogens is 1. The summed E-state index contributed by atoms with van der Waals surface area (Å²) in [6, 6.07) is 5.29. The highest BCUT2D eigenvalue weighted by Crippen LogP contribution is 2.15. The summed E-state index contributed by atoms with van der Waals surface area (Å²) in [6.07, 6.45) is 1.44. The average molecular weight is 366 g/mol. The maximum absolute atomic E-state index is 12.4. The second-order valence-corrected chi connectivity index (χ2v) is 6.06. The van der Waals surface area contributed by atoms with E-state index in [-0.39, 0.29) is 17.1 Å². The van der Waals surface area contributed by atoms with E-state index in [0.717, 1.165) is 15.8 Å². The lowest BCUT2D eigenvalue weighted by atomic mass is 10.2. The van der Waals surface area contributed by atoms with Crippen LogP contribution < -0.4 is 5.56 Å². The summed E-state index contributed by atoms with van der Waals surface area (Å²) in [7, 11) is 0. The molecule has 0 aliphatic rings. The molecule has 2 aromatic heterocycles. The van der Waals surface area contributed by atoms with Gasteiger partial charge in [0, 0.05) is 9.85 Å². The Bertz CT molecular complexity index is 903. The molecule has 0 fully saturated rings. The van der Waals surface area contributed by atoms with E-state index in [9.17, 15) is 9.59 Å². The normalized spacial score (nSPS) is 10.9. The third-order valence-electron chi connectivity index (χ3n) is 2.85. The Labute approximate surface area is 130 Å². The van der Waals surface area contributed by atoms with Crippen LogP contribution in [0, 0.1) is 0 Å². The van der Waals surface area contributed by atoms with Crippen LogP contribution in [0.2, 0.25) is 0 Å². The first kappa shape index (κ1) is 13.9. The summed E-state index contributed by atoms with van der Waals surface area (Å²) in [5.41, 5.74) is 0.950. The Morgan fingerprint density at radius 2 is 2.24 bits per heavy atom. The number of hydrogen-bond donors (Lipinski definition) is 1. The van der Waals surface area contributed by atoms with Crippen molar-refractivity contribution >= 4 is 44.1 Å². The van der Waals surface area contributed by atoms with Crippen LogP contribution in [0.4, 0.5) is 0 Å². The smallest absolute Gasteiger partial charge is 0.365 e. The Morgan fingerprint density at radius 3 is 2.95 bits per heavy atom. The maximum Gasteiger partial charge on any atom is 0.365 e. The first-order valence-corrected chi connectivity index (χ1v) is 7.54. The summed E-state index contributed by atoms with van der Waals surface area (Å²) >= 11 is 4.36. The molecule has 0 bridgehead atoms. The Hall–Kier alpha value is -2.06. The van der Waals surface area contributed by atoms with Crippen molar-refractivity contribution in [3.8, 4) is 0 Å². The van der Waals surface area contributed by atoms with Crippen molar-refractivity contribution in [2.45, 2.75) is 6.54 Å². The molecule has 0 radical (unpaired) electrons. The van der Waals surface area contributed by atoms with Crippen molar-refractivity contribution in [2.24, 2.45) is 0 Å². The van der Waals surface area contributed by atoms with Gasteiger partial charge in [0.1, 0.15) is 0 Å². The maximum atomic E-state index is 12.4. The monoisotopic (exact) mass is 365 g/mol. The topological polar surface area (TPSA) is 85.1 Å². The zero-order chi connectivity index (χ0) is 15.0. The van der Waals surface area contributed by atoms with Gasteiger partial charge in [-0.3, -0.25) is 9.36 Å². The van der Waals surface area contributed by atoms with Gasteiger partial charge in [-0.25, -0.2) is 14.8 Å². The second kappa shape index (κ2) is 5.38. The predicted molar refractivity (Wildman–Crippen MR) is 81.9 cm³/mol. The van der Waals surface area contributed by atoms with Gasteiger partial charge in [0.2, 0.25) is 5.01 Å². The van der Waals surface area contributed by atoms with Gasteiger partial charge in [0.05, 0.1) is 29.5 Å². The van der Waals surface area contributed by atoms with E-state index in [2.05, 4.69) is 25.9 Å². The van der Waals surface area contributed by atoms with Crippen LogP contribution in [0.25, 0.3) is 10.9 Å². The van der Waals surface area contributed by atoms with E-state index in [4.69, 9.17) is 5.11 Å². The number of thiazole rings is 1. The van der Waals surface area contributed by atoms with Gasteiger partial charge in [-0.15, -0.1) is 11.3 Å². The van der Waals surface area contributed by atoms with Gasteiger partial charge in [-0.1, -0.05) is 15.9 Å². The minimum Gasteiger partial charge on any atom is -0.476 e. The molecule has 1 N–H and O–H groups in total. The SMILES string of the molecule is O=C(O)c1nc(Cn2cnc3ccc(Br)cc3c2=O)cs1. The van der Waals surface area contributed by atoms with E-state index < -0.39 is 5.97 Å². The summed E-state index contributed by atoms with van der Waals surface area (Å²) in [4.78, 5) is 31.4. The molecule has 0 aliphatic carbocycles. The van der Waals surface area contributed by atoms with Gasteiger partial charge in [0.15, 0.2) is 0 Å². The third kappa shape index (κ3) is 2.72. The van der Waals surface area contributed by atoms with E-state index >= 15 is 0 Å². The van der Waals surface area contributed by atoms with Crippen molar-refractivity contribution < 1.29 is 9.90 Å². The molecule has 1 aromatic carbocycles. The van der Waals surface area contributed by atoms with Crippen LogP contribution in [0.3, 0.4) is 0 Å². The zero-order valence-corrected chi connectivity index (χ0v) is 12.9.